The number of nitriles is 1. The summed E-state index contributed by atoms with van der Waals surface area (Å²) in [5.41, 5.74) is 0.768. The van der Waals surface area contributed by atoms with E-state index in [4.69, 9.17) is 10.00 Å². The van der Waals surface area contributed by atoms with Crippen molar-refractivity contribution in [1.29, 1.82) is 5.26 Å². The molecule has 0 amide bonds. The molecule has 0 aromatic heterocycles. The number of cyclic esters (lactones) is 2. The Balaban J connectivity index is 2.27. The van der Waals surface area contributed by atoms with Gasteiger partial charge >= 0.3 is 6.16 Å². The first-order valence-electron chi connectivity index (χ1n) is 4.13. The number of benzene rings is 1. The molecule has 0 bridgehead atoms. The molecule has 70 valence electrons. The lowest BCUT2D eigenvalue weighted by Gasteiger charge is -2.08. The van der Waals surface area contributed by atoms with Gasteiger partial charge in [0, 0.05) is 0 Å². The van der Waals surface area contributed by atoms with E-state index in [9.17, 15) is 4.79 Å². The highest BCUT2D eigenvalue weighted by molar-refractivity contribution is 5.63. The average molecular weight is 189 g/mol. The van der Waals surface area contributed by atoms with Crippen LogP contribution in [0.3, 0.4) is 0 Å². The number of hydrogen-bond donors (Lipinski definition) is 0. The first-order valence-corrected chi connectivity index (χ1v) is 4.13. The van der Waals surface area contributed by atoms with E-state index in [1.807, 2.05) is 24.3 Å². The first-order chi connectivity index (χ1) is 6.81. The second-order valence-electron chi connectivity index (χ2n) is 2.87. The summed E-state index contributed by atoms with van der Waals surface area (Å²) in [6.45, 7) is 0. The van der Waals surface area contributed by atoms with Crippen molar-refractivity contribution in [3.05, 3.63) is 35.9 Å². The minimum absolute atomic E-state index is 0.603. The van der Waals surface area contributed by atoms with Crippen molar-refractivity contribution in [2.45, 2.75) is 12.2 Å². The van der Waals surface area contributed by atoms with Crippen molar-refractivity contribution in [1.82, 2.24) is 0 Å². The van der Waals surface area contributed by atoms with E-state index in [1.54, 1.807) is 12.1 Å². The Morgan fingerprint density at radius 2 is 1.93 bits per heavy atom. The van der Waals surface area contributed by atoms with Gasteiger partial charge in [-0.3, -0.25) is 0 Å². The first kappa shape index (κ1) is 8.57. The zero-order chi connectivity index (χ0) is 9.97. The van der Waals surface area contributed by atoms with Crippen LogP contribution in [0, 0.1) is 11.3 Å². The molecule has 2 unspecified atom stereocenters. The van der Waals surface area contributed by atoms with Gasteiger partial charge in [0.1, 0.15) is 6.07 Å². The van der Waals surface area contributed by atoms with Gasteiger partial charge in [0.05, 0.1) is 0 Å². The molecule has 1 aliphatic rings. The van der Waals surface area contributed by atoms with Gasteiger partial charge in [0.15, 0.2) is 6.10 Å². The van der Waals surface area contributed by atoms with Crippen molar-refractivity contribution in [2.24, 2.45) is 0 Å². The van der Waals surface area contributed by atoms with Crippen LogP contribution in [0.15, 0.2) is 30.3 Å². The lowest BCUT2D eigenvalue weighted by Crippen LogP contribution is -2.12. The summed E-state index contributed by atoms with van der Waals surface area (Å²) in [7, 11) is 0. The number of carbonyl (C=O) groups excluding carboxylic acids is 1. The van der Waals surface area contributed by atoms with Crippen molar-refractivity contribution in [3.63, 3.8) is 0 Å². The van der Waals surface area contributed by atoms with Crippen molar-refractivity contribution in [3.8, 4) is 6.07 Å². The number of ether oxygens (including phenoxy) is 2. The van der Waals surface area contributed by atoms with Gasteiger partial charge in [-0.25, -0.2) is 4.79 Å². The smallest absolute Gasteiger partial charge is 0.421 e. The molecule has 1 saturated heterocycles. The monoisotopic (exact) mass is 189 g/mol. The van der Waals surface area contributed by atoms with E-state index >= 15 is 0 Å². The Morgan fingerprint density at radius 3 is 2.57 bits per heavy atom. The summed E-state index contributed by atoms with van der Waals surface area (Å²) in [6, 6.07) is 10.9. The molecule has 0 spiro atoms. The van der Waals surface area contributed by atoms with E-state index in [-0.39, 0.29) is 0 Å². The molecule has 2 rings (SSSR count). The summed E-state index contributed by atoms with van der Waals surface area (Å²) in [6.07, 6.45) is -2.23. The van der Waals surface area contributed by atoms with E-state index in [0.29, 0.717) is 0 Å². The molecule has 4 heteroatoms. The van der Waals surface area contributed by atoms with E-state index in [0.717, 1.165) is 5.56 Å². The fraction of sp³-hybridized carbons (Fsp3) is 0.200. The second kappa shape index (κ2) is 3.38. The maximum Gasteiger partial charge on any atom is 0.510 e. The summed E-state index contributed by atoms with van der Waals surface area (Å²) >= 11 is 0. The van der Waals surface area contributed by atoms with Crippen molar-refractivity contribution in [2.75, 3.05) is 0 Å². The molecule has 1 heterocycles. The molecule has 0 aliphatic carbocycles. The van der Waals surface area contributed by atoms with Gasteiger partial charge < -0.3 is 9.47 Å². The predicted octanol–water partition coefficient (Wildman–Crippen LogP) is 1.79. The number of carbonyl (C=O) groups is 1. The molecule has 0 radical (unpaired) electrons. The zero-order valence-corrected chi connectivity index (χ0v) is 7.21. The number of nitrogens with zero attached hydrogens (tertiary/aromatic N) is 1. The lowest BCUT2D eigenvalue weighted by atomic mass is 10.1. The van der Waals surface area contributed by atoms with Crippen LogP contribution in [0.1, 0.15) is 11.7 Å². The maximum absolute atomic E-state index is 10.8. The number of rotatable bonds is 1. The van der Waals surface area contributed by atoms with Crippen LogP contribution in [0.5, 0.6) is 0 Å². The zero-order valence-electron chi connectivity index (χ0n) is 7.21. The third-order valence-corrected chi connectivity index (χ3v) is 1.98. The summed E-state index contributed by atoms with van der Waals surface area (Å²) < 4.78 is 9.52. The molecule has 0 saturated carbocycles. The highest BCUT2D eigenvalue weighted by Crippen LogP contribution is 2.29. The average Bonchev–Trinajstić information content (AvgIpc) is 2.61. The predicted molar refractivity (Wildman–Crippen MR) is 46.2 cm³/mol. The minimum Gasteiger partial charge on any atom is -0.421 e. The van der Waals surface area contributed by atoms with Gasteiger partial charge in [-0.2, -0.15) is 5.26 Å². The van der Waals surface area contributed by atoms with Crippen LogP contribution >= 0.6 is 0 Å². The summed E-state index contributed by atoms with van der Waals surface area (Å²) in [4.78, 5) is 10.8. The molecular formula is C10H7NO3. The Morgan fingerprint density at radius 1 is 1.21 bits per heavy atom. The van der Waals surface area contributed by atoms with Gasteiger partial charge in [0.2, 0.25) is 6.10 Å². The molecule has 1 aromatic carbocycles. The van der Waals surface area contributed by atoms with Crippen molar-refractivity contribution < 1.29 is 14.3 Å². The molecule has 2 atom stereocenters. The van der Waals surface area contributed by atoms with Crippen LogP contribution in [-0.4, -0.2) is 12.3 Å². The molecule has 1 aromatic rings. The Hall–Kier alpha value is -2.02. The molecule has 1 fully saturated rings. The second-order valence-corrected chi connectivity index (χ2v) is 2.87. The highest BCUT2D eigenvalue weighted by Gasteiger charge is 2.37. The SMILES string of the molecule is N#CC1OC(=O)OC1c1ccccc1. The Kier molecular flexibility index (Phi) is 2.07. The molecular weight excluding hydrogens is 182 g/mol. The number of hydrogen-bond acceptors (Lipinski definition) is 4. The molecule has 1 aliphatic heterocycles. The summed E-state index contributed by atoms with van der Waals surface area (Å²) in [5, 5.41) is 8.71. The normalized spacial score (nSPS) is 24.9. The summed E-state index contributed by atoms with van der Waals surface area (Å²) in [5.74, 6) is 0. The van der Waals surface area contributed by atoms with Gasteiger partial charge in [-0.15, -0.1) is 0 Å². The van der Waals surface area contributed by atoms with E-state index < -0.39 is 18.4 Å². The lowest BCUT2D eigenvalue weighted by molar-refractivity contribution is 0.117. The third-order valence-electron chi connectivity index (χ3n) is 1.98. The topological polar surface area (TPSA) is 59.3 Å². The standard InChI is InChI=1S/C10H7NO3/c11-6-8-9(14-10(12)13-8)7-4-2-1-3-5-7/h1-5,8-9H. The molecule has 4 nitrogen and oxygen atoms in total. The maximum atomic E-state index is 10.8. The van der Waals surface area contributed by atoms with Gasteiger partial charge in [-0.05, 0) is 5.56 Å². The molecule has 14 heavy (non-hydrogen) atoms. The minimum atomic E-state index is -0.843. The van der Waals surface area contributed by atoms with Gasteiger partial charge in [0.25, 0.3) is 0 Å². The van der Waals surface area contributed by atoms with Crippen LogP contribution in [0.25, 0.3) is 0 Å². The van der Waals surface area contributed by atoms with Crippen molar-refractivity contribution >= 4 is 6.16 Å². The van der Waals surface area contributed by atoms with Crippen LogP contribution in [0.4, 0.5) is 4.79 Å². The largest absolute Gasteiger partial charge is 0.510 e. The van der Waals surface area contributed by atoms with Crippen LogP contribution in [-0.2, 0) is 9.47 Å². The quantitative estimate of drug-likeness (QED) is 0.632. The molecule has 0 N–H and O–H groups in total. The Labute approximate surface area is 80.7 Å². The highest BCUT2D eigenvalue weighted by atomic mass is 16.8. The van der Waals surface area contributed by atoms with Crippen LogP contribution < -0.4 is 0 Å². The fourth-order valence-corrected chi connectivity index (χ4v) is 1.34. The van der Waals surface area contributed by atoms with Gasteiger partial charge in [-0.1, -0.05) is 30.3 Å². The fourth-order valence-electron chi connectivity index (χ4n) is 1.34. The van der Waals surface area contributed by atoms with E-state index in [1.165, 1.54) is 0 Å². The van der Waals surface area contributed by atoms with E-state index in [2.05, 4.69) is 4.74 Å². The third kappa shape index (κ3) is 1.40. The Bertz CT molecular complexity index is 382. The van der Waals surface area contributed by atoms with Crippen LogP contribution in [0.2, 0.25) is 0 Å².